The fourth-order valence-corrected chi connectivity index (χ4v) is 5.14. The highest BCUT2D eigenvalue weighted by atomic mass is 35.5. The zero-order valence-electron chi connectivity index (χ0n) is 17.9. The zero-order chi connectivity index (χ0) is 22.8. The van der Waals surface area contributed by atoms with Crippen molar-refractivity contribution in [2.75, 3.05) is 12.4 Å². The van der Waals surface area contributed by atoms with E-state index >= 15 is 0 Å². The predicted molar refractivity (Wildman–Crippen MR) is 128 cm³/mol. The van der Waals surface area contributed by atoms with Crippen LogP contribution < -0.4 is 10.5 Å². The molecule has 2 aromatic carbocycles. The Morgan fingerprint density at radius 3 is 2.35 bits per heavy atom. The third-order valence-corrected chi connectivity index (χ3v) is 6.88. The highest BCUT2D eigenvalue weighted by Crippen LogP contribution is 2.40. The van der Waals surface area contributed by atoms with Crippen LogP contribution in [0.25, 0.3) is 0 Å². The first kappa shape index (κ1) is 23.9. The third kappa shape index (κ3) is 4.54. The SMILES string of the molecule is Cl.NC1C(=O)N2C(C(=O)OC(c3ccccc3)c3ccccc3)=C(COc3ccon3)CS[C@H]12. The standard InChI is InChI=1S/C24H21N3O5S.ClH/c25-19-22(28)27-20(17(14-33-23(19)27)13-30-18-11-12-31-26-18)24(29)32-21(15-7-3-1-4-8-15)16-9-5-2-6-10-16;/h1-12,19,21,23H,13-14,25H2;1H/t19?,23-;/m1./s1. The summed E-state index contributed by atoms with van der Waals surface area (Å²) in [6, 6.07) is 19.9. The van der Waals surface area contributed by atoms with Crippen molar-refractivity contribution >= 4 is 36.0 Å². The molecule has 2 aliphatic rings. The Bertz CT molecular complexity index is 1130. The van der Waals surface area contributed by atoms with E-state index in [9.17, 15) is 9.59 Å². The minimum absolute atomic E-state index is 0. The maximum atomic E-state index is 13.6. The molecule has 5 rings (SSSR count). The number of carbonyl (C=O) groups is 2. The number of fused-ring (bicyclic) bond motifs is 1. The van der Waals surface area contributed by atoms with Crippen molar-refractivity contribution in [3.63, 3.8) is 0 Å². The molecule has 1 aromatic heterocycles. The number of amides is 1. The van der Waals surface area contributed by atoms with Gasteiger partial charge in [0.1, 0.15) is 30.0 Å². The molecule has 176 valence electrons. The number of carbonyl (C=O) groups excluding carboxylic acids is 2. The van der Waals surface area contributed by atoms with Gasteiger partial charge in [-0.2, -0.15) is 0 Å². The second-order valence-electron chi connectivity index (χ2n) is 7.62. The molecule has 0 bridgehead atoms. The number of aromatic nitrogens is 1. The molecule has 1 saturated heterocycles. The average molecular weight is 500 g/mol. The van der Waals surface area contributed by atoms with Gasteiger partial charge in [0.05, 0.1) is 0 Å². The van der Waals surface area contributed by atoms with Crippen LogP contribution in [0.3, 0.4) is 0 Å². The zero-order valence-corrected chi connectivity index (χ0v) is 19.5. The largest absolute Gasteiger partial charge is 0.471 e. The summed E-state index contributed by atoms with van der Waals surface area (Å²) >= 11 is 1.49. The second-order valence-corrected chi connectivity index (χ2v) is 8.73. The molecule has 10 heteroatoms. The highest BCUT2D eigenvalue weighted by Gasteiger charge is 2.52. The number of ether oxygens (including phenoxy) is 2. The lowest BCUT2D eigenvalue weighted by atomic mass is 10.0. The van der Waals surface area contributed by atoms with Crippen molar-refractivity contribution in [2.24, 2.45) is 5.73 Å². The first-order valence-corrected chi connectivity index (χ1v) is 11.4. The third-order valence-electron chi connectivity index (χ3n) is 5.52. The van der Waals surface area contributed by atoms with Crippen molar-refractivity contribution in [1.82, 2.24) is 10.1 Å². The van der Waals surface area contributed by atoms with Crippen molar-refractivity contribution in [3.8, 4) is 5.88 Å². The molecule has 2 N–H and O–H groups in total. The Labute approximate surface area is 206 Å². The first-order chi connectivity index (χ1) is 16.1. The lowest BCUT2D eigenvalue weighted by Crippen LogP contribution is -2.68. The number of thioether (sulfide) groups is 1. The summed E-state index contributed by atoms with van der Waals surface area (Å²) in [6.45, 7) is 0.0665. The summed E-state index contributed by atoms with van der Waals surface area (Å²) < 4.78 is 16.5. The number of hydrogen-bond donors (Lipinski definition) is 1. The number of esters is 1. The van der Waals surface area contributed by atoms with Gasteiger partial charge in [-0.1, -0.05) is 60.7 Å². The maximum absolute atomic E-state index is 13.6. The van der Waals surface area contributed by atoms with Crippen molar-refractivity contribution in [2.45, 2.75) is 17.5 Å². The van der Waals surface area contributed by atoms with E-state index in [0.717, 1.165) is 11.1 Å². The molecule has 0 aliphatic carbocycles. The number of nitrogens with two attached hydrogens (primary N) is 1. The van der Waals surface area contributed by atoms with Gasteiger partial charge in [-0.3, -0.25) is 9.69 Å². The molecule has 0 spiro atoms. The fourth-order valence-electron chi connectivity index (χ4n) is 3.86. The molecule has 1 amide bonds. The number of nitrogens with zero attached hydrogens (tertiary/aromatic N) is 2. The van der Waals surface area contributed by atoms with E-state index < -0.39 is 18.1 Å². The van der Waals surface area contributed by atoms with E-state index in [1.165, 1.54) is 22.9 Å². The fraction of sp³-hybridized carbons (Fsp3) is 0.208. The van der Waals surface area contributed by atoms with Crippen LogP contribution in [-0.2, 0) is 14.3 Å². The van der Waals surface area contributed by atoms with Crippen molar-refractivity contribution in [3.05, 3.63) is 95.4 Å². The second kappa shape index (κ2) is 10.3. The molecule has 1 unspecified atom stereocenters. The number of halogens is 1. The molecule has 1 fully saturated rings. The van der Waals surface area contributed by atoms with E-state index in [2.05, 4.69) is 5.16 Å². The van der Waals surface area contributed by atoms with Gasteiger partial charge in [-0.15, -0.1) is 24.2 Å². The van der Waals surface area contributed by atoms with E-state index in [1.54, 1.807) is 6.07 Å². The lowest BCUT2D eigenvalue weighted by Gasteiger charge is -2.48. The first-order valence-electron chi connectivity index (χ1n) is 10.4. The summed E-state index contributed by atoms with van der Waals surface area (Å²) in [6.07, 6.45) is 0.760. The Morgan fingerprint density at radius 1 is 1.12 bits per heavy atom. The minimum Gasteiger partial charge on any atom is -0.471 e. The Balaban J connectivity index is 0.00000274. The molecular formula is C24H22ClN3O5S. The Kier molecular flexibility index (Phi) is 7.26. The van der Waals surface area contributed by atoms with E-state index in [-0.39, 0.29) is 36.0 Å². The number of β-lactam (4-membered cyclic amide) rings is 1. The average Bonchev–Trinajstić information content (AvgIpc) is 3.39. The normalized spacial score (nSPS) is 19.2. The summed E-state index contributed by atoms with van der Waals surface area (Å²) in [5.41, 5.74) is 8.44. The quantitative estimate of drug-likeness (QED) is 0.389. The summed E-state index contributed by atoms with van der Waals surface area (Å²) in [5.74, 6) is -0.141. The van der Waals surface area contributed by atoms with Crippen LogP contribution in [0.5, 0.6) is 5.88 Å². The van der Waals surface area contributed by atoms with Crippen LogP contribution in [0.4, 0.5) is 0 Å². The van der Waals surface area contributed by atoms with Gasteiger partial charge >= 0.3 is 5.97 Å². The summed E-state index contributed by atoms with van der Waals surface area (Å²) in [4.78, 5) is 27.6. The van der Waals surface area contributed by atoms with E-state index in [0.29, 0.717) is 17.2 Å². The number of hydrogen-bond acceptors (Lipinski definition) is 8. The molecule has 3 aromatic rings. The van der Waals surface area contributed by atoms with Gasteiger partial charge in [0.25, 0.3) is 5.88 Å². The van der Waals surface area contributed by atoms with Crippen LogP contribution in [0.1, 0.15) is 17.2 Å². The van der Waals surface area contributed by atoms with Gasteiger partial charge in [-0.25, -0.2) is 4.79 Å². The Hall–Kier alpha value is -3.27. The lowest BCUT2D eigenvalue weighted by molar-refractivity contribution is -0.153. The predicted octanol–water partition coefficient (Wildman–Crippen LogP) is 3.30. The molecular weight excluding hydrogens is 478 g/mol. The summed E-state index contributed by atoms with van der Waals surface area (Å²) in [7, 11) is 0. The van der Waals surface area contributed by atoms with Crippen LogP contribution in [0, 0.1) is 0 Å². The monoisotopic (exact) mass is 499 g/mol. The van der Waals surface area contributed by atoms with Crippen molar-refractivity contribution in [1.29, 1.82) is 0 Å². The molecule has 34 heavy (non-hydrogen) atoms. The van der Waals surface area contributed by atoms with Crippen LogP contribution in [0.15, 0.2) is 88.8 Å². The topological polar surface area (TPSA) is 108 Å². The van der Waals surface area contributed by atoms with Gasteiger partial charge in [0.2, 0.25) is 5.91 Å². The van der Waals surface area contributed by atoms with E-state index in [1.807, 2.05) is 60.7 Å². The van der Waals surface area contributed by atoms with Gasteiger partial charge in [-0.05, 0) is 16.3 Å². The van der Waals surface area contributed by atoms with Crippen LogP contribution in [0.2, 0.25) is 0 Å². The maximum Gasteiger partial charge on any atom is 0.356 e. The van der Waals surface area contributed by atoms with E-state index in [4.69, 9.17) is 19.7 Å². The molecule has 0 radical (unpaired) electrons. The van der Waals surface area contributed by atoms with Gasteiger partial charge < -0.3 is 19.7 Å². The molecule has 3 heterocycles. The molecule has 2 aliphatic heterocycles. The smallest absolute Gasteiger partial charge is 0.356 e. The minimum atomic E-state index is -0.644. The van der Waals surface area contributed by atoms with Crippen molar-refractivity contribution < 1.29 is 23.6 Å². The highest BCUT2D eigenvalue weighted by molar-refractivity contribution is 8.00. The van der Waals surface area contributed by atoms with Crippen LogP contribution in [-0.4, -0.2) is 45.7 Å². The molecule has 0 saturated carbocycles. The van der Waals surface area contributed by atoms with Crippen LogP contribution >= 0.6 is 24.2 Å². The van der Waals surface area contributed by atoms with Gasteiger partial charge in [0.15, 0.2) is 6.10 Å². The molecule has 8 nitrogen and oxygen atoms in total. The number of benzene rings is 2. The van der Waals surface area contributed by atoms with Gasteiger partial charge in [0, 0.05) is 17.4 Å². The number of rotatable bonds is 7. The Morgan fingerprint density at radius 2 is 1.76 bits per heavy atom. The summed E-state index contributed by atoms with van der Waals surface area (Å²) in [5, 5.41) is 3.43. The molecule has 2 atom stereocenters.